The molecule has 1 aromatic carbocycles. The fourth-order valence-corrected chi connectivity index (χ4v) is 1.97. The summed E-state index contributed by atoms with van der Waals surface area (Å²) in [5.74, 6) is -0.850. The summed E-state index contributed by atoms with van der Waals surface area (Å²) < 4.78 is 13.6. The van der Waals surface area contributed by atoms with Gasteiger partial charge in [0.1, 0.15) is 0 Å². The highest BCUT2D eigenvalue weighted by Crippen LogP contribution is 2.18. The lowest BCUT2D eigenvalue weighted by molar-refractivity contribution is 0.0927. The molecule has 17 heavy (non-hydrogen) atoms. The molecule has 0 fully saturated rings. The molecule has 2 nitrogen and oxygen atoms in total. The van der Waals surface area contributed by atoms with Crippen LogP contribution in [-0.2, 0) is 0 Å². The van der Waals surface area contributed by atoms with Gasteiger partial charge in [0.2, 0.25) is 0 Å². The maximum atomic E-state index is 13.6. The molecule has 5 heteroatoms. The van der Waals surface area contributed by atoms with Crippen molar-refractivity contribution >= 4 is 33.4 Å². The third kappa shape index (κ3) is 3.68. The Morgan fingerprint density at radius 1 is 1.53 bits per heavy atom. The molecule has 0 spiro atoms. The summed E-state index contributed by atoms with van der Waals surface area (Å²) in [4.78, 5) is 11.8. The van der Waals surface area contributed by atoms with Crippen LogP contribution in [-0.4, -0.2) is 17.3 Å². The molecule has 0 radical (unpaired) electrons. The first-order valence-electron chi connectivity index (χ1n) is 5.28. The summed E-state index contributed by atoms with van der Waals surface area (Å²) in [5, 5.41) is 3.47. The molecule has 1 amide bonds. The average Bonchev–Trinajstić information content (AvgIpc) is 2.31. The first-order chi connectivity index (χ1) is 7.97. The Morgan fingerprint density at radius 2 is 2.18 bits per heavy atom. The van der Waals surface area contributed by atoms with Crippen LogP contribution in [0.25, 0.3) is 0 Å². The standard InChI is InChI=1S/C12H14BrClFNO/c1-7(6-13)8(2)16-12(17)9-4-3-5-10(14)11(9)15/h3-5,7-8H,6H2,1-2H3,(H,16,17). The number of hydrogen-bond donors (Lipinski definition) is 1. The Hall–Kier alpha value is -0.610. The van der Waals surface area contributed by atoms with Crippen LogP contribution in [0, 0.1) is 11.7 Å². The van der Waals surface area contributed by atoms with Crippen LogP contribution in [0.4, 0.5) is 4.39 Å². The van der Waals surface area contributed by atoms with Crippen LogP contribution in [0.15, 0.2) is 18.2 Å². The van der Waals surface area contributed by atoms with Crippen molar-refractivity contribution in [1.82, 2.24) is 5.32 Å². The van der Waals surface area contributed by atoms with Gasteiger partial charge in [-0.25, -0.2) is 4.39 Å². The molecule has 0 aliphatic heterocycles. The van der Waals surface area contributed by atoms with Crippen LogP contribution in [0.2, 0.25) is 5.02 Å². The van der Waals surface area contributed by atoms with E-state index < -0.39 is 11.7 Å². The molecular formula is C12H14BrClFNO. The second kappa shape index (κ2) is 6.36. The van der Waals surface area contributed by atoms with Crippen molar-refractivity contribution in [3.05, 3.63) is 34.6 Å². The van der Waals surface area contributed by atoms with E-state index in [1.165, 1.54) is 12.1 Å². The van der Waals surface area contributed by atoms with Crippen molar-refractivity contribution in [2.75, 3.05) is 5.33 Å². The summed E-state index contributed by atoms with van der Waals surface area (Å²) in [6.45, 7) is 3.88. The third-order valence-electron chi connectivity index (χ3n) is 2.65. The molecule has 94 valence electrons. The topological polar surface area (TPSA) is 29.1 Å². The molecule has 0 bridgehead atoms. The third-order valence-corrected chi connectivity index (χ3v) is 3.97. The second-order valence-corrected chi connectivity index (χ2v) is 5.05. The van der Waals surface area contributed by atoms with Crippen LogP contribution >= 0.6 is 27.5 Å². The zero-order valence-electron chi connectivity index (χ0n) is 9.64. The number of nitrogens with one attached hydrogen (secondary N) is 1. The van der Waals surface area contributed by atoms with Gasteiger partial charge in [-0.2, -0.15) is 0 Å². The largest absolute Gasteiger partial charge is 0.349 e. The van der Waals surface area contributed by atoms with Crippen LogP contribution in [0.1, 0.15) is 24.2 Å². The van der Waals surface area contributed by atoms with Gasteiger partial charge in [-0.1, -0.05) is 40.5 Å². The van der Waals surface area contributed by atoms with Gasteiger partial charge in [-0.3, -0.25) is 4.79 Å². The van der Waals surface area contributed by atoms with Gasteiger partial charge in [0.15, 0.2) is 5.82 Å². The van der Waals surface area contributed by atoms with Gasteiger partial charge in [0, 0.05) is 11.4 Å². The highest BCUT2D eigenvalue weighted by molar-refractivity contribution is 9.09. The van der Waals surface area contributed by atoms with Crippen LogP contribution in [0.5, 0.6) is 0 Å². The average molecular weight is 323 g/mol. The molecule has 0 aromatic heterocycles. The predicted molar refractivity (Wildman–Crippen MR) is 71.3 cm³/mol. The Bertz CT molecular complexity index is 413. The van der Waals surface area contributed by atoms with E-state index in [-0.39, 0.29) is 22.5 Å². The molecule has 2 atom stereocenters. The van der Waals surface area contributed by atoms with Crippen molar-refractivity contribution in [2.24, 2.45) is 5.92 Å². The number of hydrogen-bond acceptors (Lipinski definition) is 1. The SMILES string of the molecule is CC(CBr)C(C)NC(=O)c1cccc(Cl)c1F. The number of carbonyl (C=O) groups is 1. The van der Waals surface area contributed by atoms with Crippen LogP contribution < -0.4 is 5.32 Å². The molecule has 1 N–H and O–H groups in total. The number of benzene rings is 1. The fourth-order valence-electron chi connectivity index (χ4n) is 1.24. The molecule has 0 aliphatic carbocycles. The van der Waals surface area contributed by atoms with E-state index in [2.05, 4.69) is 21.2 Å². The Morgan fingerprint density at radius 3 is 2.76 bits per heavy atom. The van der Waals surface area contributed by atoms with Gasteiger partial charge in [-0.05, 0) is 25.0 Å². The number of amides is 1. The minimum Gasteiger partial charge on any atom is -0.349 e. The summed E-state index contributed by atoms with van der Waals surface area (Å²) in [7, 11) is 0. The lowest BCUT2D eigenvalue weighted by Gasteiger charge is -2.19. The van der Waals surface area contributed by atoms with E-state index in [0.717, 1.165) is 5.33 Å². The van der Waals surface area contributed by atoms with Crippen molar-refractivity contribution in [3.8, 4) is 0 Å². The highest BCUT2D eigenvalue weighted by Gasteiger charge is 2.18. The molecule has 1 aromatic rings. The highest BCUT2D eigenvalue weighted by atomic mass is 79.9. The lowest BCUT2D eigenvalue weighted by atomic mass is 10.1. The quantitative estimate of drug-likeness (QED) is 0.843. The number of rotatable bonds is 4. The number of halogens is 3. The molecule has 0 saturated heterocycles. The molecular weight excluding hydrogens is 308 g/mol. The fraction of sp³-hybridized carbons (Fsp3) is 0.417. The van der Waals surface area contributed by atoms with E-state index in [1.807, 2.05) is 13.8 Å². The van der Waals surface area contributed by atoms with Gasteiger partial charge in [0.25, 0.3) is 5.91 Å². The van der Waals surface area contributed by atoms with Crippen molar-refractivity contribution in [2.45, 2.75) is 19.9 Å². The Labute approximate surface area is 114 Å². The van der Waals surface area contributed by atoms with Crippen molar-refractivity contribution in [3.63, 3.8) is 0 Å². The monoisotopic (exact) mass is 321 g/mol. The minimum absolute atomic E-state index is 0.0221. The first-order valence-corrected chi connectivity index (χ1v) is 6.78. The summed E-state index contributed by atoms with van der Waals surface area (Å²) >= 11 is 8.96. The van der Waals surface area contributed by atoms with Crippen molar-refractivity contribution in [1.29, 1.82) is 0 Å². The number of alkyl halides is 1. The maximum absolute atomic E-state index is 13.6. The van der Waals surface area contributed by atoms with Gasteiger partial charge >= 0.3 is 0 Å². The molecule has 0 heterocycles. The first kappa shape index (κ1) is 14.5. The second-order valence-electron chi connectivity index (χ2n) is 4.00. The minimum atomic E-state index is -0.676. The van der Waals surface area contributed by atoms with E-state index in [4.69, 9.17) is 11.6 Å². The van der Waals surface area contributed by atoms with E-state index >= 15 is 0 Å². The van der Waals surface area contributed by atoms with E-state index in [1.54, 1.807) is 6.07 Å². The zero-order valence-corrected chi connectivity index (χ0v) is 12.0. The van der Waals surface area contributed by atoms with Gasteiger partial charge in [0.05, 0.1) is 10.6 Å². The summed E-state index contributed by atoms with van der Waals surface area (Å²) in [6.07, 6.45) is 0. The molecule has 0 saturated carbocycles. The van der Waals surface area contributed by atoms with Crippen LogP contribution in [0.3, 0.4) is 0 Å². The summed E-state index contributed by atoms with van der Waals surface area (Å²) in [6, 6.07) is 4.35. The molecule has 1 rings (SSSR count). The normalized spacial score (nSPS) is 14.2. The van der Waals surface area contributed by atoms with Gasteiger partial charge in [-0.15, -0.1) is 0 Å². The van der Waals surface area contributed by atoms with Crippen molar-refractivity contribution < 1.29 is 9.18 Å². The number of carbonyl (C=O) groups excluding carboxylic acids is 1. The van der Waals surface area contributed by atoms with Gasteiger partial charge < -0.3 is 5.32 Å². The zero-order chi connectivity index (χ0) is 13.0. The van der Waals surface area contributed by atoms with E-state index in [9.17, 15) is 9.18 Å². The predicted octanol–water partition coefficient (Wildman–Crippen LogP) is 3.63. The summed E-state index contributed by atoms with van der Waals surface area (Å²) in [5.41, 5.74) is -0.0221. The smallest absolute Gasteiger partial charge is 0.254 e. The maximum Gasteiger partial charge on any atom is 0.254 e. The van der Waals surface area contributed by atoms with E-state index in [0.29, 0.717) is 0 Å². The Kier molecular flexibility index (Phi) is 5.40. The Balaban J connectivity index is 2.80. The lowest BCUT2D eigenvalue weighted by Crippen LogP contribution is -2.38. The molecule has 0 aliphatic rings. The molecule has 2 unspecified atom stereocenters.